The fourth-order valence-corrected chi connectivity index (χ4v) is 2.80. The van der Waals surface area contributed by atoms with Crippen molar-refractivity contribution in [2.75, 3.05) is 7.11 Å². The van der Waals surface area contributed by atoms with Gasteiger partial charge in [-0.1, -0.05) is 37.6 Å². The molecule has 0 spiro atoms. The Bertz CT molecular complexity index is 820. The minimum atomic E-state index is -0.597. The van der Waals surface area contributed by atoms with Crippen molar-refractivity contribution in [3.05, 3.63) is 64.4 Å². The van der Waals surface area contributed by atoms with Gasteiger partial charge in [-0.2, -0.15) is 0 Å². The van der Waals surface area contributed by atoms with Gasteiger partial charge in [0.25, 0.3) is 0 Å². The van der Waals surface area contributed by atoms with E-state index in [4.69, 9.17) is 21.1 Å². The molecule has 0 bridgehead atoms. The topological polar surface area (TPSA) is 77.5 Å². The lowest BCUT2D eigenvalue weighted by Crippen LogP contribution is -2.39. The zero-order valence-electron chi connectivity index (χ0n) is 18.5. The fraction of sp³-hybridized carbons (Fsp3) is 0.435. The van der Waals surface area contributed by atoms with E-state index < -0.39 is 17.6 Å². The maximum Gasteiger partial charge on any atom is 0.340 e. The summed E-state index contributed by atoms with van der Waals surface area (Å²) in [6.07, 6.45) is 2.08. The highest BCUT2D eigenvalue weighted by Crippen LogP contribution is 2.21. The van der Waals surface area contributed by atoms with Gasteiger partial charge in [0.05, 0.1) is 17.7 Å². The highest BCUT2D eigenvalue weighted by Gasteiger charge is 2.22. The largest absolute Gasteiger partial charge is 0.468 e. The van der Waals surface area contributed by atoms with E-state index >= 15 is 0 Å². The Morgan fingerprint density at radius 3 is 2.40 bits per heavy atom. The van der Waals surface area contributed by atoms with Gasteiger partial charge in [0.2, 0.25) is 0 Å². The first-order valence-corrected chi connectivity index (χ1v) is 10.3. The van der Waals surface area contributed by atoms with Gasteiger partial charge < -0.3 is 9.47 Å². The molecule has 0 aliphatic heterocycles. The van der Waals surface area contributed by atoms with Crippen molar-refractivity contribution in [2.24, 2.45) is 0 Å². The van der Waals surface area contributed by atoms with Gasteiger partial charge >= 0.3 is 11.9 Å². The van der Waals surface area contributed by atoms with Gasteiger partial charge in [-0.05, 0) is 50.6 Å². The Labute approximate surface area is 183 Å². The Kier molecular flexibility index (Phi) is 10.5. The number of hydrogen-bond donors (Lipinski definition) is 1. The first-order valence-electron chi connectivity index (χ1n) is 9.92. The molecule has 164 valence electrons. The molecular weight excluding hydrogens is 404 g/mol. The van der Waals surface area contributed by atoms with Gasteiger partial charge in [-0.3, -0.25) is 15.1 Å². The molecule has 6 nitrogen and oxygen atoms in total. The summed E-state index contributed by atoms with van der Waals surface area (Å²) in [5.74, 6) is -0.846. The number of pyridine rings is 1. The zero-order chi connectivity index (χ0) is 22.7. The molecule has 1 N–H and O–H groups in total. The average Bonchev–Trinajstić information content (AvgIpc) is 2.71. The van der Waals surface area contributed by atoms with Crippen molar-refractivity contribution >= 4 is 23.5 Å². The summed E-state index contributed by atoms with van der Waals surface area (Å²) < 4.78 is 10.2. The van der Waals surface area contributed by atoms with E-state index in [0.717, 1.165) is 11.3 Å². The normalized spacial score (nSPS) is 11.7. The summed E-state index contributed by atoms with van der Waals surface area (Å²) in [7, 11) is 1.35. The third-order valence-electron chi connectivity index (χ3n) is 3.83. The van der Waals surface area contributed by atoms with Crippen molar-refractivity contribution in [1.29, 1.82) is 0 Å². The predicted octanol–water partition coefficient (Wildman–Crippen LogP) is 4.59. The minimum absolute atomic E-state index is 0.299. The van der Waals surface area contributed by atoms with E-state index in [1.165, 1.54) is 7.11 Å². The third kappa shape index (κ3) is 8.51. The molecule has 0 aliphatic carbocycles. The summed E-state index contributed by atoms with van der Waals surface area (Å²) in [6, 6.07) is 10.1. The Hall–Kier alpha value is -2.44. The summed E-state index contributed by atoms with van der Waals surface area (Å²) in [5.41, 5.74) is 1.31. The van der Waals surface area contributed by atoms with Gasteiger partial charge in [0.1, 0.15) is 11.6 Å². The number of ether oxygens (including phenoxy) is 2. The van der Waals surface area contributed by atoms with Crippen molar-refractivity contribution in [2.45, 2.75) is 59.2 Å². The number of esters is 2. The van der Waals surface area contributed by atoms with Crippen LogP contribution in [-0.4, -0.2) is 35.7 Å². The van der Waals surface area contributed by atoms with Crippen LogP contribution in [0.1, 0.15) is 56.2 Å². The molecule has 0 radical (unpaired) electrons. The van der Waals surface area contributed by atoms with E-state index in [0.29, 0.717) is 23.6 Å². The summed E-state index contributed by atoms with van der Waals surface area (Å²) in [4.78, 5) is 28.5. The summed E-state index contributed by atoms with van der Waals surface area (Å²) >= 11 is 6.26. The van der Waals surface area contributed by atoms with Crippen LogP contribution in [0.25, 0.3) is 0 Å². The second kappa shape index (κ2) is 12.3. The summed E-state index contributed by atoms with van der Waals surface area (Å²) in [6.45, 7) is 9.77. The molecule has 1 heterocycles. The van der Waals surface area contributed by atoms with Crippen LogP contribution in [0, 0.1) is 0 Å². The van der Waals surface area contributed by atoms with E-state index in [-0.39, 0.29) is 5.97 Å². The molecule has 0 aliphatic rings. The van der Waals surface area contributed by atoms with Crippen molar-refractivity contribution in [3.63, 3.8) is 0 Å². The van der Waals surface area contributed by atoms with Crippen molar-refractivity contribution in [3.8, 4) is 0 Å². The molecule has 0 saturated heterocycles. The molecular formula is C23H31ClN2O4. The zero-order valence-corrected chi connectivity index (χ0v) is 19.2. The van der Waals surface area contributed by atoms with E-state index in [2.05, 4.69) is 10.3 Å². The standard InChI is InChI=1S/C21H25ClN2O4.C2H6/c1-21(2,3)28-19(25)16-9-8-14(11-17(16)22)13-24-18(20(26)27-4)12-15-7-5-6-10-23-15;1-2/h5-11,18,24H,12-13H2,1-4H3;1-2H3. The number of aromatic nitrogens is 1. The Morgan fingerprint density at radius 2 is 1.87 bits per heavy atom. The molecule has 2 aromatic rings. The number of nitrogens with zero attached hydrogens (tertiary/aromatic N) is 1. The van der Waals surface area contributed by atoms with Crippen LogP contribution in [0.2, 0.25) is 5.02 Å². The lowest BCUT2D eigenvalue weighted by molar-refractivity contribution is -0.143. The minimum Gasteiger partial charge on any atom is -0.468 e. The first kappa shape index (κ1) is 25.6. The Balaban J connectivity index is 0.00000218. The predicted molar refractivity (Wildman–Crippen MR) is 119 cm³/mol. The van der Waals surface area contributed by atoms with Crippen LogP contribution in [0.15, 0.2) is 42.6 Å². The van der Waals surface area contributed by atoms with Gasteiger partial charge in [0.15, 0.2) is 0 Å². The van der Waals surface area contributed by atoms with E-state index in [1.807, 2.05) is 32.0 Å². The van der Waals surface area contributed by atoms with Crippen LogP contribution in [0.5, 0.6) is 0 Å². The molecule has 1 unspecified atom stereocenters. The number of halogens is 1. The lowest BCUT2D eigenvalue weighted by atomic mass is 10.1. The second-order valence-corrected chi connectivity index (χ2v) is 7.71. The second-order valence-electron chi connectivity index (χ2n) is 7.30. The van der Waals surface area contributed by atoms with E-state index in [1.54, 1.807) is 45.2 Å². The molecule has 7 heteroatoms. The van der Waals surface area contributed by atoms with Gasteiger partial charge in [-0.15, -0.1) is 0 Å². The molecule has 0 saturated carbocycles. The van der Waals surface area contributed by atoms with Crippen LogP contribution < -0.4 is 5.32 Å². The number of methoxy groups -OCH3 is 1. The quantitative estimate of drug-likeness (QED) is 0.642. The SMILES string of the molecule is CC.COC(=O)C(Cc1ccccn1)NCc1ccc(C(=O)OC(C)(C)C)c(Cl)c1. The number of rotatable bonds is 7. The smallest absolute Gasteiger partial charge is 0.340 e. The number of nitrogens with one attached hydrogen (secondary N) is 1. The number of hydrogen-bond acceptors (Lipinski definition) is 6. The molecule has 0 fully saturated rings. The lowest BCUT2D eigenvalue weighted by Gasteiger charge is -2.20. The van der Waals surface area contributed by atoms with Crippen LogP contribution in [-0.2, 0) is 27.2 Å². The van der Waals surface area contributed by atoms with Crippen LogP contribution in [0.4, 0.5) is 0 Å². The molecule has 1 aromatic carbocycles. The van der Waals surface area contributed by atoms with Gasteiger partial charge in [-0.25, -0.2) is 4.79 Å². The Morgan fingerprint density at radius 1 is 1.17 bits per heavy atom. The highest BCUT2D eigenvalue weighted by molar-refractivity contribution is 6.33. The molecule has 1 aromatic heterocycles. The third-order valence-corrected chi connectivity index (χ3v) is 4.14. The van der Waals surface area contributed by atoms with Crippen LogP contribution in [0.3, 0.4) is 0 Å². The summed E-state index contributed by atoms with van der Waals surface area (Å²) in [5, 5.41) is 3.46. The fourth-order valence-electron chi connectivity index (χ4n) is 2.52. The van der Waals surface area contributed by atoms with Crippen molar-refractivity contribution in [1.82, 2.24) is 10.3 Å². The first-order chi connectivity index (χ1) is 14.2. The number of carbonyl (C=O) groups is 2. The molecule has 2 rings (SSSR count). The molecule has 0 amide bonds. The molecule has 1 atom stereocenters. The molecule has 30 heavy (non-hydrogen) atoms. The maximum atomic E-state index is 12.2. The number of carbonyl (C=O) groups excluding carboxylic acids is 2. The average molecular weight is 435 g/mol. The maximum absolute atomic E-state index is 12.2. The highest BCUT2D eigenvalue weighted by atomic mass is 35.5. The monoisotopic (exact) mass is 434 g/mol. The van der Waals surface area contributed by atoms with Gasteiger partial charge in [0, 0.05) is 24.9 Å². The van der Waals surface area contributed by atoms with E-state index in [9.17, 15) is 9.59 Å². The number of benzene rings is 1. The van der Waals surface area contributed by atoms with Crippen LogP contribution >= 0.6 is 11.6 Å². The van der Waals surface area contributed by atoms with Crippen molar-refractivity contribution < 1.29 is 19.1 Å².